The van der Waals surface area contributed by atoms with E-state index in [0.29, 0.717) is 24.0 Å². The molecule has 0 radical (unpaired) electrons. The van der Waals surface area contributed by atoms with E-state index < -0.39 is 17.7 Å². The first-order valence-electron chi connectivity index (χ1n) is 9.63. The van der Waals surface area contributed by atoms with Crippen LogP contribution in [0.3, 0.4) is 0 Å². The van der Waals surface area contributed by atoms with Crippen LogP contribution >= 0.6 is 0 Å². The number of carboxylic acids is 1. The minimum Gasteiger partial charge on any atom is -0.477 e. The van der Waals surface area contributed by atoms with Crippen LogP contribution in [0.1, 0.15) is 49.5 Å². The molecule has 0 saturated heterocycles. The third kappa shape index (κ3) is 5.39. The Morgan fingerprint density at radius 3 is 2.61 bits per heavy atom. The van der Waals surface area contributed by atoms with Crippen LogP contribution < -0.4 is 15.8 Å². The Hall–Kier alpha value is -3.87. The fraction of sp³-hybridized carbons (Fsp3) is 0.381. The SMILES string of the molecule is CC(C)(C)OC(=O)N[C@H]1C[C@H](Oc2nc(-c3cccc(C#N)c3)nc(N)c2C(=O)O)C1. The molecule has 10 heteroatoms. The summed E-state index contributed by atoms with van der Waals surface area (Å²) in [6, 6.07) is 8.42. The van der Waals surface area contributed by atoms with Gasteiger partial charge in [-0.05, 0) is 32.9 Å². The summed E-state index contributed by atoms with van der Waals surface area (Å²) in [5.41, 5.74) is 5.85. The van der Waals surface area contributed by atoms with Gasteiger partial charge in [0.05, 0.1) is 11.6 Å². The topological polar surface area (TPSA) is 160 Å². The van der Waals surface area contributed by atoms with E-state index in [0.717, 1.165) is 0 Å². The molecule has 0 bridgehead atoms. The van der Waals surface area contributed by atoms with Gasteiger partial charge < -0.3 is 25.6 Å². The van der Waals surface area contributed by atoms with E-state index in [-0.39, 0.29) is 35.2 Å². The van der Waals surface area contributed by atoms with Crippen molar-refractivity contribution in [2.75, 3.05) is 5.73 Å². The van der Waals surface area contributed by atoms with Crippen molar-refractivity contribution < 1.29 is 24.2 Å². The maximum absolute atomic E-state index is 11.9. The number of nitrogen functional groups attached to an aromatic ring is 1. The summed E-state index contributed by atoms with van der Waals surface area (Å²) >= 11 is 0. The molecule has 4 N–H and O–H groups in total. The standard InChI is InChI=1S/C21H23N5O5/c1-21(2,3)31-20(29)24-13-8-14(9-13)30-18-15(19(27)28)16(23)25-17(26-18)12-6-4-5-11(7-12)10-22/h4-7,13-14H,8-9H2,1-3H3,(H,24,29)(H,27,28)(H2,23,25,26)/t13-,14-. The molecule has 2 aromatic rings. The van der Waals surface area contributed by atoms with Gasteiger partial charge in [0, 0.05) is 24.4 Å². The molecule has 162 valence electrons. The minimum atomic E-state index is -1.31. The van der Waals surface area contributed by atoms with Gasteiger partial charge in [-0.25, -0.2) is 14.6 Å². The third-order valence-electron chi connectivity index (χ3n) is 4.46. The number of rotatable bonds is 5. The summed E-state index contributed by atoms with van der Waals surface area (Å²) in [5, 5.41) is 21.3. The van der Waals surface area contributed by atoms with Gasteiger partial charge in [0.1, 0.15) is 17.5 Å². The molecule has 1 saturated carbocycles. The number of nitriles is 1. The monoisotopic (exact) mass is 425 g/mol. The molecule has 10 nitrogen and oxygen atoms in total. The fourth-order valence-corrected chi connectivity index (χ4v) is 3.01. The van der Waals surface area contributed by atoms with Crippen LogP contribution in [0.5, 0.6) is 5.88 Å². The number of amides is 1. The van der Waals surface area contributed by atoms with Crippen molar-refractivity contribution in [1.29, 1.82) is 5.26 Å². The second-order valence-electron chi connectivity index (χ2n) is 8.16. The van der Waals surface area contributed by atoms with E-state index in [1.807, 2.05) is 6.07 Å². The maximum Gasteiger partial charge on any atom is 0.407 e. The van der Waals surface area contributed by atoms with Crippen LogP contribution in [0, 0.1) is 11.3 Å². The summed E-state index contributed by atoms with van der Waals surface area (Å²) < 4.78 is 11.0. The molecule has 1 aromatic heterocycles. The quantitative estimate of drug-likeness (QED) is 0.654. The van der Waals surface area contributed by atoms with Crippen LogP contribution in [0.2, 0.25) is 0 Å². The molecule has 0 aliphatic heterocycles. The van der Waals surface area contributed by atoms with Gasteiger partial charge in [0.2, 0.25) is 5.88 Å². The summed E-state index contributed by atoms with van der Waals surface area (Å²) in [5.74, 6) is -1.55. The van der Waals surface area contributed by atoms with Crippen molar-refractivity contribution in [3.05, 3.63) is 35.4 Å². The lowest BCUT2D eigenvalue weighted by atomic mass is 9.89. The van der Waals surface area contributed by atoms with Crippen molar-refractivity contribution in [1.82, 2.24) is 15.3 Å². The van der Waals surface area contributed by atoms with Gasteiger partial charge in [0.25, 0.3) is 0 Å². The molecule has 31 heavy (non-hydrogen) atoms. The fourth-order valence-electron chi connectivity index (χ4n) is 3.01. The molecular formula is C21H23N5O5. The van der Waals surface area contributed by atoms with Gasteiger partial charge in [-0.15, -0.1) is 0 Å². The Bertz CT molecular complexity index is 1050. The van der Waals surface area contributed by atoms with Gasteiger partial charge >= 0.3 is 12.1 Å². The van der Waals surface area contributed by atoms with E-state index in [9.17, 15) is 14.7 Å². The van der Waals surface area contributed by atoms with Crippen LogP contribution in [0.15, 0.2) is 24.3 Å². The molecule has 1 aromatic carbocycles. The highest BCUT2D eigenvalue weighted by molar-refractivity contribution is 5.95. The number of nitrogens with two attached hydrogens (primary N) is 1. The number of nitrogens with zero attached hydrogens (tertiary/aromatic N) is 3. The number of benzene rings is 1. The lowest BCUT2D eigenvalue weighted by molar-refractivity contribution is 0.0352. The molecule has 3 rings (SSSR count). The Morgan fingerprint density at radius 1 is 1.29 bits per heavy atom. The van der Waals surface area contributed by atoms with Crippen LogP contribution in [-0.4, -0.2) is 44.9 Å². The number of hydrogen-bond donors (Lipinski definition) is 3. The predicted octanol–water partition coefficient (Wildman–Crippen LogP) is 2.73. The molecule has 0 atom stereocenters. The molecule has 1 fully saturated rings. The number of ether oxygens (including phenoxy) is 2. The number of carbonyl (C=O) groups excluding carboxylic acids is 1. The molecule has 1 aliphatic rings. The maximum atomic E-state index is 11.9. The Balaban J connectivity index is 1.75. The van der Waals surface area contributed by atoms with Gasteiger partial charge in [-0.2, -0.15) is 10.2 Å². The van der Waals surface area contributed by atoms with Crippen LogP contribution in [0.4, 0.5) is 10.6 Å². The minimum absolute atomic E-state index is 0.150. The van der Waals surface area contributed by atoms with E-state index in [1.54, 1.807) is 45.0 Å². The number of nitrogens with one attached hydrogen (secondary N) is 1. The summed E-state index contributed by atoms with van der Waals surface area (Å²) in [4.78, 5) is 31.8. The van der Waals surface area contributed by atoms with Crippen molar-refractivity contribution in [2.45, 2.75) is 51.4 Å². The highest BCUT2D eigenvalue weighted by Gasteiger charge is 2.35. The number of carboxylic acid groups (broad SMARTS) is 1. The van der Waals surface area contributed by atoms with Gasteiger partial charge in [0.15, 0.2) is 11.4 Å². The van der Waals surface area contributed by atoms with Crippen LogP contribution in [0.25, 0.3) is 11.4 Å². The first-order chi connectivity index (χ1) is 14.6. The summed E-state index contributed by atoms with van der Waals surface area (Å²) in [6.45, 7) is 5.32. The molecule has 1 heterocycles. The van der Waals surface area contributed by atoms with Crippen LogP contribution in [-0.2, 0) is 4.74 Å². The van der Waals surface area contributed by atoms with Crippen molar-refractivity contribution in [3.63, 3.8) is 0 Å². The highest BCUT2D eigenvalue weighted by atomic mass is 16.6. The van der Waals surface area contributed by atoms with Crippen molar-refractivity contribution >= 4 is 17.9 Å². The Kier molecular flexibility index (Phi) is 5.97. The third-order valence-corrected chi connectivity index (χ3v) is 4.46. The zero-order valence-electron chi connectivity index (χ0n) is 17.4. The summed E-state index contributed by atoms with van der Waals surface area (Å²) in [7, 11) is 0. The largest absolute Gasteiger partial charge is 0.477 e. The van der Waals surface area contributed by atoms with E-state index in [2.05, 4.69) is 15.3 Å². The molecule has 1 amide bonds. The zero-order valence-corrected chi connectivity index (χ0v) is 17.4. The molecule has 0 spiro atoms. The first kappa shape index (κ1) is 21.8. The van der Waals surface area contributed by atoms with Gasteiger partial charge in [-0.1, -0.05) is 12.1 Å². The number of aromatic nitrogens is 2. The van der Waals surface area contributed by atoms with Crippen molar-refractivity contribution in [2.24, 2.45) is 0 Å². The number of alkyl carbamates (subject to hydrolysis) is 1. The number of anilines is 1. The lowest BCUT2D eigenvalue weighted by Gasteiger charge is -2.36. The Morgan fingerprint density at radius 2 is 2.00 bits per heavy atom. The lowest BCUT2D eigenvalue weighted by Crippen LogP contribution is -2.50. The zero-order chi connectivity index (χ0) is 22.8. The van der Waals surface area contributed by atoms with E-state index in [1.165, 1.54) is 0 Å². The molecular weight excluding hydrogens is 402 g/mol. The van der Waals surface area contributed by atoms with Gasteiger partial charge in [-0.3, -0.25) is 0 Å². The number of carbonyl (C=O) groups is 2. The average Bonchev–Trinajstić information content (AvgIpc) is 2.64. The highest BCUT2D eigenvalue weighted by Crippen LogP contribution is 2.31. The first-order valence-corrected chi connectivity index (χ1v) is 9.63. The smallest absolute Gasteiger partial charge is 0.407 e. The second kappa shape index (κ2) is 8.47. The number of hydrogen-bond acceptors (Lipinski definition) is 8. The molecule has 1 aliphatic carbocycles. The van der Waals surface area contributed by atoms with E-state index >= 15 is 0 Å². The second-order valence-corrected chi connectivity index (χ2v) is 8.16. The summed E-state index contributed by atoms with van der Waals surface area (Å²) in [6.07, 6.45) is 0.0434. The predicted molar refractivity (Wildman–Crippen MR) is 110 cm³/mol. The van der Waals surface area contributed by atoms with E-state index in [4.69, 9.17) is 20.5 Å². The van der Waals surface area contributed by atoms with Crippen molar-refractivity contribution in [3.8, 4) is 23.3 Å². The number of aromatic carboxylic acids is 1. The normalized spacial score (nSPS) is 17.7. The average molecular weight is 425 g/mol. The molecule has 0 unspecified atom stereocenters. The Labute approximate surface area is 179 Å².